The van der Waals surface area contributed by atoms with Crippen molar-refractivity contribution in [2.24, 2.45) is 0 Å². The number of hydrogen-bond donors (Lipinski definition) is 0. The fraction of sp³-hybridized carbons (Fsp3) is 0.364. The molecule has 7 heteroatoms. The highest BCUT2D eigenvalue weighted by atomic mass is 16.2. The lowest BCUT2D eigenvalue weighted by molar-refractivity contribution is -0.142. The lowest BCUT2D eigenvalue weighted by Gasteiger charge is -2.44. The summed E-state index contributed by atoms with van der Waals surface area (Å²) in [7, 11) is 0. The summed E-state index contributed by atoms with van der Waals surface area (Å²) in [5, 5.41) is 0. The van der Waals surface area contributed by atoms with Crippen LogP contribution in [0.4, 0.5) is 5.69 Å². The largest absolute Gasteiger partial charge is 0.342 e. The molecule has 3 fully saturated rings. The van der Waals surface area contributed by atoms with E-state index in [2.05, 4.69) is 4.90 Å². The quantitative estimate of drug-likeness (QED) is 0.476. The molecule has 0 saturated carbocycles. The van der Waals surface area contributed by atoms with Crippen LogP contribution in [0.15, 0.2) is 91.0 Å². The van der Waals surface area contributed by atoms with Crippen LogP contribution in [-0.4, -0.2) is 77.4 Å². The fourth-order valence-corrected chi connectivity index (χ4v) is 6.60. The molecule has 1 spiro atoms. The van der Waals surface area contributed by atoms with E-state index in [-0.39, 0.29) is 24.3 Å². The number of hydrogen-bond acceptors (Lipinski definition) is 4. The molecule has 0 unspecified atom stereocenters. The third-order valence-corrected chi connectivity index (χ3v) is 8.78. The van der Waals surface area contributed by atoms with Crippen molar-refractivity contribution in [2.45, 2.75) is 37.1 Å². The third kappa shape index (κ3) is 4.85. The highest BCUT2D eigenvalue weighted by Gasteiger charge is 2.54. The molecule has 3 heterocycles. The first-order valence-corrected chi connectivity index (χ1v) is 14.4. The third-order valence-electron chi connectivity index (χ3n) is 8.78. The zero-order valence-corrected chi connectivity index (χ0v) is 22.8. The van der Waals surface area contributed by atoms with Crippen molar-refractivity contribution in [3.05, 3.63) is 102 Å². The molecule has 0 aliphatic carbocycles. The molecular weight excluding hydrogens is 500 g/mol. The van der Waals surface area contributed by atoms with Crippen molar-refractivity contribution in [3.8, 4) is 0 Å². The molecule has 7 nitrogen and oxygen atoms in total. The molecule has 0 atom stereocenters. The van der Waals surface area contributed by atoms with E-state index in [4.69, 9.17) is 0 Å². The number of para-hydroxylation sites is 1. The van der Waals surface area contributed by atoms with Crippen LogP contribution in [0.2, 0.25) is 0 Å². The average molecular weight is 537 g/mol. The Morgan fingerprint density at radius 2 is 1.23 bits per heavy atom. The molecule has 0 N–H and O–H groups in total. The monoisotopic (exact) mass is 536 g/mol. The van der Waals surface area contributed by atoms with Gasteiger partial charge in [0, 0.05) is 31.9 Å². The summed E-state index contributed by atoms with van der Waals surface area (Å²) in [6.45, 7) is 3.00. The Morgan fingerprint density at radius 3 is 1.77 bits per heavy atom. The summed E-state index contributed by atoms with van der Waals surface area (Å²) in [5.74, 6) is -0.309. The van der Waals surface area contributed by atoms with Gasteiger partial charge in [0.2, 0.25) is 11.8 Å². The molecule has 3 saturated heterocycles. The van der Waals surface area contributed by atoms with Crippen molar-refractivity contribution in [1.29, 1.82) is 0 Å². The number of carbonyl (C=O) groups excluding carboxylic acids is 3. The standard InChI is InChI=1S/C33H36N4O3/c38-29(34-20-10-11-21-34)24-36-25-37(28-16-8-3-9-17-28)33(32(36)40)18-22-35(23-19-33)31(39)30(26-12-4-1-5-13-26)27-14-6-2-7-15-27/h1-9,12-17,30H,10-11,18-25H2. The van der Waals surface area contributed by atoms with Crippen LogP contribution < -0.4 is 4.90 Å². The Morgan fingerprint density at radius 1 is 0.700 bits per heavy atom. The molecule has 3 amide bonds. The highest BCUT2D eigenvalue weighted by Crippen LogP contribution is 2.40. The Kier molecular flexibility index (Phi) is 7.29. The number of rotatable bonds is 6. The van der Waals surface area contributed by atoms with E-state index < -0.39 is 11.5 Å². The second kappa shape index (κ2) is 11.2. The minimum absolute atomic E-state index is 0.00123. The molecule has 0 radical (unpaired) electrons. The number of likely N-dealkylation sites (tertiary alicyclic amines) is 2. The minimum Gasteiger partial charge on any atom is -0.342 e. The molecule has 40 heavy (non-hydrogen) atoms. The molecule has 3 aromatic rings. The lowest BCUT2D eigenvalue weighted by Crippen LogP contribution is -2.58. The summed E-state index contributed by atoms with van der Waals surface area (Å²) in [4.78, 5) is 48.8. The van der Waals surface area contributed by atoms with Gasteiger partial charge >= 0.3 is 0 Å². The van der Waals surface area contributed by atoms with E-state index in [0.29, 0.717) is 32.6 Å². The second-order valence-electron chi connectivity index (χ2n) is 11.1. The summed E-state index contributed by atoms with van der Waals surface area (Å²) < 4.78 is 0. The summed E-state index contributed by atoms with van der Waals surface area (Å²) in [6.07, 6.45) is 3.10. The second-order valence-corrected chi connectivity index (χ2v) is 11.1. The first-order valence-electron chi connectivity index (χ1n) is 14.4. The van der Waals surface area contributed by atoms with Gasteiger partial charge in [0.15, 0.2) is 0 Å². The van der Waals surface area contributed by atoms with Crippen molar-refractivity contribution in [2.75, 3.05) is 44.3 Å². The molecule has 6 rings (SSSR count). The van der Waals surface area contributed by atoms with Crippen molar-refractivity contribution in [3.63, 3.8) is 0 Å². The zero-order chi connectivity index (χ0) is 27.5. The van der Waals surface area contributed by atoms with Gasteiger partial charge in [-0.25, -0.2) is 0 Å². The maximum absolute atomic E-state index is 14.1. The van der Waals surface area contributed by atoms with Crippen LogP contribution in [0.1, 0.15) is 42.7 Å². The van der Waals surface area contributed by atoms with E-state index in [0.717, 1.165) is 42.7 Å². The Balaban J connectivity index is 1.24. The Hall–Kier alpha value is -4.13. The lowest BCUT2D eigenvalue weighted by atomic mass is 9.83. The number of benzene rings is 3. The topological polar surface area (TPSA) is 64.2 Å². The van der Waals surface area contributed by atoms with Gasteiger partial charge in [0.25, 0.3) is 5.91 Å². The van der Waals surface area contributed by atoms with Crippen molar-refractivity contribution < 1.29 is 14.4 Å². The van der Waals surface area contributed by atoms with Crippen molar-refractivity contribution in [1.82, 2.24) is 14.7 Å². The number of nitrogens with zero attached hydrogens (tertiary/aromatic N) is 4. The highest BCUT2D eigenvalue weighted by molar-refractivity contribution is 5.96. The number of carbonyl (C=O) groups is 3. The van der Waals surface area contributed by atoms with Crippen molar-refractivity contribution >= 4 is 23.4 Å². The van der Waals surface area contributed by atoms with Gasteiger partial charge in [-0.05, 0) is 48.9 Å². The van der Waals surface area contributed by atoms with Crippen LogP contribution in [0, 0.1) is 0 Å². The van der Waals surface area contributed by atoms with E-state index in [1.165, 1.54) is 0 Å². The summed E-state index contributed by atoms with van der Waals surface area (Å²) >= 11 is 0. The van der Waals surface area contributed by atoms with E-state index >= 15 is 0 Å². The van der Waals surface area contributed by atoms with Crippen LogP contribution in [0.3, 0.4) is 0 Å². The van der Waals surface area contributed by atoms with Gasteiger partial charge in [0.1, 0.15) is 12.1 Å². The van der Waals surface area contributed by atoms with E-state index in [1.54, 1.807) is 4.90 Å². The Labute approximate surface area is 236 Å². The molecule has 3 aromatic carbocycles. The summed E-state index contributed by atoms with van der Waals surface area (Å²) in [5.41, 5.74) is 2.14. The molecule has 0 aromatic heterocycles. The minimum atomic E-state index is -0.765. The van der Waals surface area contributed by atoms with Gasteiger partial charge in [0.05, 0.1) is 12.6 Å². The molecule has 3 aliphatic heterocycles. The van der Waals surface area contributed by atoms with Gasteiger partial charge < -0.3 is 19.6 Å². The predicted molar refractivity (Wildman–Crippen MR) is 155 cm³/mol. The maximum atomic E-state index is 14.1. The molecular formula is C33H36N4O3. The number of amides is 3. The van der Waals surface area contributed by atoms with Gasteiger partial charge in [-0.3, -0.25) is 14.4 Å². The number of anilines is 1. The molecule has 3 aliphatic rings. The fourth-order valence-electron chi connectivity index (χ4n) is 6.60. The SMILES string of the molecule is O=C(CN1CN(c2ccccc2)C2(CCN(C(=O)C(c3ccccc3)c3ccccc3)CC2)C1=O)N1CCCC1. The zero-order valence-electron chi connectivity index (χ0n) is 22.8. The van der Waals surface area contributed by atoms with Crippen LogP contribution in [0.5, 0.6) is 0 Å². The van der Waals surface area contributed by atoms with E-state index in [1.807, 2.05) is 101 Å². The van der Waals surface area contributed by atoms with Gasteiger partial charge in [-0.1, -0.05) is 78.9 Å². The van der Waals surface area contributed by atoms with Crippen LogP contribution >= 0.6 is 0 Å². The Bertz CT molecular complexity index is 1290. The average Bonchev–Trinajstić information content (AvgIpc) is 3.64. The summed E-state index contributed by atoms with van der Waals surface area (Å²) in [6, 6.07) is 29.8. The normalized spacial score (nSPS) is 18.7. The first kappa shape index (κ1) is 26.1. The first-order chi connectivity index (χ1) is 19.6. The molecule has 0 bridgehead atoms. The molecule has 206 valence electrons. The smallest absolute Gasteiger partial charge is 0.250 e. The van der Waals surface area contributed by atoms with Gasteiger partial charge in [-0.2, -0.15) is 0 Å². The maximum Gasteiger partial charge on any atom is 0.250 e. The van der Waals surface area contributed by atoms with E-state index in [9.17, 15) is 14.4 Å². The predicted octanol–water partition coefficient (Wildman–Crippen LogP) is 4.11. The van der Waals surface area contributed by atoms with Crippen LogP contribution in [0.25, 0.3) is 0 Å². The number of piperidine rings is 1. The van der Waals surface area contributed by atoms with Crippen LogP contribution in [-0.2, 0) is 14.4 Å². The van der Waals surface area contributed by atoms with Gasteiger partial charge in [-0.15, -0.1) is 0 Å².